The molecule has 0 radical (unpaired) electrons. The van der Waals surface area contributed by atoms with E-state index in [-0.39, 0.29) is 5.56 Å². The summed E-state index contributed by atoms with van der Waals surface area (Å²) in [4.78, 5) is 2.50. The Labute approximate surface area is 145 Å². The molecule has 0 saturated carbocycles. The molecule has 2 aromatic rings. The van der Waals surface area contributed by atoms with Crippen molar-refractivity contribution < 1.29 is 13.2 Å². The second kappa shape index (κ2) is 6.68. The molecule has 0 aromatic heterocycles. The average Bonchev–Trinajstić information content (AvgIpc) is 2.85. The lowest BCUT2D eigenvalue weighted by Gasteiger charge is -2.34. The van der Waals surface area contributed by atoms with Crippen molar-refractivity contribution in [1.29, 1.82) is 0 Å². The molecule has 130 valence electrons. The van der Waals surface area contributed by atoms with Gasteiger partial charge in [-0.1, -0.05) is 48.0 Å². The predicted octanol–water partition coefficient (Wildman–Crippen LogP) is 5.01. The van der Waals surface area contributed by atoms with Gasteiger partial charge in [0.15, 0.2) is 17.5 Å². The van der Waals surface area contributed by atoms with E-state index in [1.165, 1.54) is 11.6 Å². The summed E-state index contributed by atoms with van der Waals surface area (Å²) in [5, 5.41) is 0. The summed E-state index contributed by atoms with van der Waals surface area (Å²) in [6, 6.07) is 13.5. The number of nitrogens with zero attached hydrogens (tertiary/aromatic N) is 1. The van der Waals surface area contributed by atoms with Crippen molar-refractivity contribution in [2.45, 2.75) is 44.3 Å². The van der Waals surface area contributed by atoms with E-state index < -0.39 is 17.5 Å². The van der Waals surface area contributed by atoms with Crippen LogP contribution in [0.1, 0.15) is 30.4 Å². The first-order valence-corrected chi connectivity index (χ1v) is 8.73. The molecule has 2 unspecified atom stereocenters. The Morgan fingerprint density at radius 1 is 0.920 bits per heavy atom. The Morgan fingerprint density at radius 3 is 2.48 bits per heavy atom. The van der Waals surface area contributed by atoms with Crippen molar-refractivity contribution in [3.05, 3.63) is 82.7 Å². The first-order chi connectivity index (χ1) is 12.1. The van der Waals surface area contributed by atoms with Crippen LogP contribution in [0.2, 0.25) is 0 Å². The zero-order valence-electron chi connectivity index (χ0n) is 13.9. The second-order valence-electron chi connectivity index (χ2n) is 7.00. The molecule has 2 bridgehead atoms. The van der Waals surface area contributed by atoms with Gasteiger partial charge in [0.1, 0.15) is 0 Å². The van der Waals surface area contributed by atoms with E-state index in [9.17, 15) is 13.2 Å². The monoisotopic (exact) mass is 343 g/mol. The van der Waals surface area contributed by atoms with Gasteiger partial charge >= 0.3 is 0 Å². The highest BCUT2D eigenvalue weighted by Crippen LogP contribution is 2.37. The van der Waals surface area contributed by atoms with Gasteiger partial charge in [-0.05, 0) is 42.9 Å². The van der Waals surface area contributed by atoms with Crippen LogP contribution in [0.3, 0.4) is 0 Å². The fourth-order valence-corrected chi connectivity index (χ4v) is 4.13. The minimum absolute atomic E-state index is 0.237. The third-order valence-corrected chi connectivity index (χ3v) is 5.36. The van der Waals surface area contributed by atoms with E-state index in [0.717, 1.165) is 37.4 Å². The van der Waals surface area contributed by atoms with Gasteiger partial charge in [-0.2, -0.15) is 0 Å². The van der Waals surface area contributed by atoms with Crippen LogP contribution < -0.4 is 0 Å². The Bertz CT molecular complexity index is 800. The van der Waals surface area contributed by atoms with Crippen LogP contribution in [0.25, 0.3) is 0 Å². The van der Waals surface area contributed by atoms with Crippen LogP contribution in [0.4, 0.5) is 13.2 Å². The molecule has 0 aliphatic carbocycles. The molecule has 4 rings (SSSR count). The number of hydrogen-bond acceptors (Lipinski definition) is 1. The molecule has 1 saturated heterocycles. The molecule has 2 aliphatic heterocycles. The van der Waals surface area contributed by atoms with Gasteiger partial charge in [-0.25, -0.2) is 13.2 Å². The van der Waals surface area contributed by atoms with Crippen LogP contribution in [0.15, 0.2) is 54.1 Å². The van der Waals surface area contributed by atoms with Gasteiger partial charge in [-0.15, -0.1) is 0 Å². The molecule has 2 aliphatic rings. The summed E-state index contributed by atoms with van der Waals surface area (Å²) in [5.41, 5.74) is 2.66. The fraction of sp³-hybridized carbons (Fsp3) is 0.333. The van der Waals surface area contributed by atoms with Crippen LogP contribution in [0, 0.1) is 17.5 Å². The highest BCUT2D eigenvalue weighted by Gasteiger charge is 2.36. The minimum Gasteiger partial charge on any atom is -0.289 e. The summed E-state index contributed by atoms with van der Waals surface area (Å²) in [5.74, 6) is -3.56. The summed E-state index contributed by atoms with van der Waals surface area (Å²) >= 11 is 0. The number of halogens is 3. The topological polar surface area (TPSA) is 3.24 Å². The Kier molecular flexibility index (Phi) is 4.38. The van der Waals surface area contributed by atoms with Gasteiger partial charge in [0.25, 0.3) is 0 Å². The predicted molar refractivity (Wildman–Crippen MR) is 91.5 cm³/mol. The van der Waals surface area contributed by atoms with Crippen molar-refractivity contribution in [3.63, 3.8) is 0 Å². The number of hydrogen-bond donors (Lipinski definition) is 0. The molecule has 0 N–H and O–H groups in total. The van der Waals surface area contributed by atoms with Crippen LogP contribution in [0.5, 0.6) is 0 Å². The number of benzene rings is 2. The fourth-order valence-electron chi connectivity index (χ4n) is 4.13. The minimum atomic E-state index is -1.37. The van der Waals surface area contributed by atoms with E-state index in [2.05, 4.69) is 23.1 Å². The highest BCUT2D eigenvalue weighted by atomic mass is 19.2. The summed E-state index contributed by atoms with van der Waals surface area (Å²) < 4.78 is 40.5. The molecule has 1 nitrogen and oxygen atoms in total. The zero-order chi connectivity index (χ0) is 17.4. The van der Waals surface area contributed by atoms with E-state index in [4.69, 9.17) is 0 Å². The van der Waals surface area contributed by atoms with Crippen molar-refractivity contribution in [2.24, 2.45) is 0 Å². The molecule has 1 fully saturated rings. The highest BCUT2D eigenvalue weighted by molar-refractivity contribution is 5.29. The van der Waals surface area contributed by atoms with Gasteiger partial charge in [0.2, 0.25) is 0 Å². The maximum absolute atomic E-state index is 13.9. The molecule has 2 atom stereocenters. The largest absolute Gasteiger partial charge is 0.289 e. The van der Waals surface area contributed by atoms with E-state index in [1.54, 1.807) is 0 Å². The van der Waals surface area contributed by atoms with E-state index >= 15 is 0 Å². The first-order valence-electron chi connectivity index (χ1n) is 8.73. The number of rotatable bonds is 4. The molecule has 2 heterocycles. The van der Waals surface area contributed by atoms with Gasteiger partial charge < -0.3 is 0 Å². The molecular formula is C21H20F3N. The Balaban J connectivity index is 1.51. The van der Waals surface area contributed by atoms with Crippen LogP contribution in [-0.4, -0.2) is 17.0 Å². The van der Waals surface area contributed by atoms with Gasteiger partial charge in [-0.3, -0.25) is 4.90 Å². The van der Waals surface area contributed by atoms with Crippen molar-refractivity contribution in [3.8, 4) is 0 Å². The average molecular weight is 343 g/mol. The third-order valence-electron chi connectivity index (χ3n) is 5.36. The van der Waals surface area contributed by atoms with E-state index in [0.29, 0.717) is 18.5 Å². The second-order valence-corrected chi connectivity index (χ2v) is 7.00. The normalized spacial score (nSPS) is 22.9. The van der Waals surface area contributed by atoms with E-state index in [1.807, 2.05) is 18.2 Å². The van der Waals surface area contributed by atoms with Gasteiger partial charge in [0.05, 0.1) is 0 Å². The molecule has 25 heavy (non-hydrogen) atoms. The first kappa shape index (κ1) is 16.4. The molecule has 4 heteroatoms. The molecular weight excluding hydrogens is 323 g/mol. The maximum Gasteiger partial charge on any atom is 0.194 e. The SMILES string of the molecule is Fc1ccc(CC2=CC3CCC(C2)N3Cc2ccccc2)c(F)c1F. The lowest BCUT2D eigenvalue weighted by Crippen LogP contribution is -2.38. The zero-order valence-corrected chi connectivity index (χ0v) is 13.9. The standard InChI is InChI=1S/C21H20F3N/c22-19-9-6-16(20(23)21(19)24)10-15-11-17-7-8-18(12-15)25(17)13-14-4-2-1-3-5-14/h1-6,9,11,17-18H,7-8,10,12-13H2. The molecule has 0 spiro atoms. The van der Waals surface area contributed by atoms with Crippen LogP contribution in [-0.2, 0) is 13.0 Å². The summed E-state index contributed by atoms with van der Waals surface area (Å²) in [6.07, 6.45) is 5.64. The lowest BCUT2D eigenvalue weighted by molar-refractivity contribution is 0.194. The molecule has 0 amide bonds. The Hall–Kier alpha value is -2.07. The smallest absolute Gasteiger partial charge is 0.194 e. The lowest BCUT2D eigenvalue weighted by atomic mass is 9.94. The maximum atomic E-state index is 13.9. The number of fused-ring (bicyclic) bond motifs is 2. The van der Waals surface area contributed by atoms with Crippen LogP contribution >= 0.6 is 0 Å². The summed E-state index contributed by atoms with van der Waals surface area (Å²) in [6.45, 7) is 0.916. The quantitative estimate of drug-likeness (QED) is 0.557. The van der Waals surface area contributed by atoms with Crippen molar-refractivity contribution in [2.75, 3.05) is 0 Å². The Morgan fingerprint density at radius 2 is 1.72 bits per heavy atom. The molecule has 2 aromatic carbocycles. The third kappa shape index (κ3) is 3.23. The van der Waals surface area contributed by atoms with Gasteiger partial charge in [0, 0.05) is 18.6 Å². The summed E-state index contributed by atoms with van der Waals surface area (Å²) in [7, 11) is 0. The van der Waals surface area contributed by atoms with Crippen molar-refractivity contribution in [1.82, 2.24) is 4.90 Å². The van der Waals surface area contributed by atoms with Crippen molar-refractivity contribution >= 4 is 0 Å².